The Labute approximate surface area is 93.8 Å². The SMILES string of the molecule is CN(C)C(=N)c1ccc(F)c2ccccc12. The molecule has 0 amide bonds. The summed E-state index contributed by atoms with van der Waals surface area (Å²) in [6.07, 6.45) is 0. The maximum absolute atomic E-state index is 13.5. The molecule has 0 fully saturated rings. The van der Waals surface area contributed by atoms with Crippen LogP contribution in [0.25, 0.3) is 10.8 Å². The number of nitrogens with zero attached hydrogens (tertiary/aromatic N) is 1. The van der Waals surface area contributed by atoms with E-state index in [9.17, 15) is 4.39 Å². The summed E-state index contributed by atoms with van der Waals surface area (Å²) in [7, 11) is 3.61. The van der Waals surface area contributed by atoms with Crippen LogP contribution in [0.2, 0.25) is 0 Å². The van der Waals surface area contributed by atoms with Crippen molar-refractivity contribution in [2.75, 3.05) is 14.1 Å². The van der Waals surface area contributed by atoms with E-state index >= 15 is 0 Å². The Kier molecular flexibility index (Phi) is 2.60. The molecule has 2 aromatic carbocycles. The van der Waals surface area contributed by atoms with E-state index in [4.69, 9.17) is 5.41 Å². The van der Waals surface area contributed by atoms with Gasteiger partial charge in [-0.15, -0.1) is 0 Å². The van der Waals surface area contributed by atoms with Crippen LogP contribution >= 0.6 is 0 Å². The predicted octanol–water partition coefficient (Wildman–Crippen LogP) is 2.87. The molecule has 2 nitrogen and oxygen atoms in total. The molecule has 82 valence electrons. The Morgan fingerprint density at radius 1 is 1.06 bits per heavy atom. The highest BCUT2D eigenvalue weighted by atomic mass is 19.1. The summed E-state index contributed by atoms with van der Waals surface area (Å²) in [6, 6.07) is 10.3. The molecule has 0 spiro atoms. The van der Waals surface area contributed by atoms with Gasteiger partial charge in [0, 0.05) is 25.0 Å². The van der Waals surface area contributed by atoms with E-state index < -0.39 is 0 Å². The molecule has 1 N–H and O–H groups in total. The van der Waals surface area contributed by atoms with Crippen molar-refractivity contribution < 1.29 is 4.39 Å². The average molecular weight is 216 g/mol. The third kappa shape index (κ3) is 1.65. The Morgan fingerprint density at radius 2 is 1.69 bits per heavy atom. The van der Waals surface area contributed by atoms with E-state index in [1.807, 2.05) is 12.1 Å². The van der Waals surface area contributed by atoms with Crippen LogP contribution in [-0.2, 0) is 0 Å². The van der Waals surface area contributed by atoms with Crippen molar-refractivity contribution in [3.63, 3.8) is 0 Å². The zero-order chi connectivity index (χ0) is 11.7. The fourth-order valence-electron chi connectivity index (χ4n) is 1.71. The molecule has 0 aliphatic heterocycles. The predicted molar refractivity (Wildman–Crippen MR) is 64.4 cm³/mol. The first-order valence-electron chi connectivity index (χ1n) is 5.05. The highest BCUT2D eigenvalue weighted by molar-refractivity contribution is 6.08. The van der Waals surface area contributed by atoms with Crippen LogP contribution in [0.4, 0.5) is 4.39 Å². The Morgan fingerprint density at radius 3 is 2.31 bits per heavy atom. The monoisotopic (exact) mass is 216 g/mol. The van der Waals surface area contributed by atoms with Gasteiger partial charge in [0.05, 0.1) is 0 Å². The fourth-order valence-corrected chi connectivity index (χ4v) is 1.71. The topological polar surface area (TPSA) is 27.1 Å². The first kappa shape index (κ1) is 10.6. The minimum atomic E-state index is -0.245. The number of nitrogens with one attached hydrogen (secondary N) is 1. The summed E-state index contributed by atoms with van der Waals surface area (Å²) >= 11 is 0. The zero-order valence-electron chi connectivity index (χ0n) is 9.29. The molecule has 2 rings (SSSR count). The van der Waals surface area contributed by atoms with Gasteiger partial charge in [0.25, 0.3) is 0 Å². The molecule has 0 saturated carbocycles. The molecule has 0 saturated heterocycles. The van der Waals surface area contributed by atoms with Gasteiger partial charge in [-0.2, -0.15) is 0 Å². The van der Waals surface area contributed by atoms with E-state index in [-0.39, 0.29) is 5.82 Å². The van der Waals surface area contributed by atoms with Gasteiger partial charge in [-0.25, -0.2) is 4.39 Å². The van der Waals surface area contributed by atoms with Crippen LogP contribution in [0.3, 0.4) is 0 Å². The second-order valence-corrected chi connectivity index (χ2v) is 3.88. The summed E-state index contributed by atoms with van der Waals surface area (Å²) in [4.78, 5) is 1.71. The minimum Gasteiger partial charge on any atom is -0.363 e. The fraction of sp³-hybridized carbons (Fsp3) is 0.154. The number of hydrogen-bond acceptors (Lipinski definition) is 1. The Balaban J connectivity index is 2.72. The highest BCUT2D eigenvalue weighted by Gasteiger charge is 2.10. The molecule has 0 atom stereocenters. The van der Waals surface area contributed by atoms with Crippen molar-refractivity contribution in [2.24, 2.45) is 0 Å². The maximum atomic E-state index is 13.5. The van der Waals surface area contributed by atoms with Gasteiger partial charge in [-0.3, -0.25) is 5.41 Å². The number of benzene rings is 2. The van der Waals surface area contributed by atoms with E-state index in [2.05, 4.69) is 0 Å². The van der Waals surface area contributed by atoms with E-state index in [0.717, 1.165) is 10.9 Å². The van der Waals surface area contributed by atoms with Crippen LogP contribution < -0.4 is 0 Å². The van der Waals surface area contributed by atoms with Crippen LogP contribution in [0.15, 0.2) is 36.4 Å². The Hall–Kier alpha value is -1.90. The normalized spacial score (nSPS) is 10.4. The molecule has 0 aliphatic carbocycles. The molecule has 16 heavy (non-hydrogen) atoms. The molecule has 0 unspecified atom stereocenters. The molecule has 0 radical (unpaired) electrons. The third-order valence-electron chi connectivity index (χ3n) is 2.57. The molecule has 0 heterocycles. The number of rotatable bonds is 1. The minimum absolute atomic E-state index is 0.245. The lowest BCUT2D eigenvalue weighted by atomic mass is 10.0. The summed E-state index contributed by atoms with van der Waals surface area (Å²) in [5, 5.41) is 9.28. The van der Waals surface area contributed by atoms with Crippen molar-refractivity contribution in [3.05, 3.63) is 47.8 Å². The van der Waals surface area contributed by atoms with Crippen molar-refractivity contribution in [1.82, 2.24) is 4.90 Å². The van der Waals surface area contributed by atoms with Crippen LogP contribution in [-0.4, -0.2) is 24.8 Å². The Bertz CT molecular complexity index is 547. The zero-order valence-corrected chi connectivity index (χ0v) is 9.29. The van der Waals surface area contributed by atoms with Gasteiger partial charge >= 0.3 is 0 Å². The quantitative estimate of drug-likeness (QED) is 0.576. The highest BCUT2D eigenvalue weighted by Crippen LogP contribution is 2.22. The molecule has 0 bridgehead atoms. The molecule has 0 aromatic heterocycles. The third-order valence-corrected chi connectivity index (χ3v) is 2.57. The number of fused-ring (bicyclic) bond motifs is 1. The standard InChI is InChI=1S/C13H13FN2/c1-16(2)13(15)11-7-8-12(14)10-6-4-3-5-9(10)11/h3-8,15H,1-2H3. The van der Waals surface area contributed by atoms with Crippen LogP contribution in [0.5, 0.6) is 0 Å². The average Bonchev–Trinajstić information content (AvgIpc) is 2.29. The number of hydrogen-bond donors (Lipinski definition) is 1. The summed E-state index contributed by atoms with van der Waals surface area (Å²) in [5.41, 5.74) is 0.752. The lowest BCUT2D eigenvalue weighted by Crippen LogP contribution is -2.22. The van der Waals surface area contributed by atoms with Crippen molar-refractivity contribution >= 4 is 16.6 Å². The number of halogens is 1. The first-order valence-corrected chi connectivity index (χ1v) is 5.05. The molecular formula is C13H13FN2. The van der Waals surface area contributed by atoms with E-state index in [1.165, 1.54) is 6.07 Å². The van der Waals surface area contributed by atoms with Gasteiger partial charge in [0.2, 0.25) is 0 Å². The van der Waals surface area contributed by atoms with Crippen molar-refractivity contribution in [2.45, 2.75) is 0 Å². The first-order chi connectivity index (χ1) is 7.61. The van der Waals surface area contributed by atoms with E-state index in [1.54, 1.807) is 37.2 Å². The molecular weight excluding hydrogens is 203 g/mol. The van der Waals surface area contributed by atoms with Crippen LogP contribution in [0.1, 0.15) is 5.56 Å². The van der Waals surface area contributed by atoms with Crippen molar-refractivity contribution in [1.29, 1.82) is 5.41 Å². The smallest absolute Gasteiger partial charge is 0.131 e. The molecule has 3 heteroatoms. The van der Waals surface area contributed by atoms with Crippen molar-refractivity contribution in [3.8, 4) is 0 Å². The second kappa shape index (κ2) is 3.93. The largest absolute Gasteiger partial charge is 0.363 e. The molecule has 2 aromatic rings. The number of amidine groups is 1. The van der Waals surface area contributed by atoms with Gasteiger partial charge in [-0.05, 0) is 17.5 Å². The van der Waals surface area contributed by atoms with Gasteiger partial charge < -0.3 is 4.90 Å². The summed E-state index contributed by atoms with van der Waals surface area (Å²) in [5.74, 6) is 0.141. The maximum Gasteiger partial charge on any atom is 0.131 e. The van der Waals surface area contributed by atoms with Gasteiger partial charge in [-0.1, -0.05) is 24.3 Å². The lowest BCUT2D eigenvalue weighted by molar-refractivity contribution is 0.618. The summed E-state index contributed by atoms with van der Waals surface area (Å²) in [6.45, 7) is 0. The lowest BCUT2D eigenvalue weighted by Gasteiger charge is -2.15. The van der Waals surface area contributed by atoms with E-state index in [0.29, 0.717) is 11.2 Å². The van der Waals surface area contributed by atoms with Crippen LogP contribution in [0, 0.1) is 11.2 Å². The second-order valence-electron chi connectivity index (χ2n) is 3.88. The molecule has 0 aliphatic rings. The summed E-state index contributed by atoms with van der Waals surface area (Å²) < 4.78 is 13.5. The van der Waals surface area contributed by atoms with Gasteiger partial charge in [0.1, 0.15) is 11.7 Å². The van der Waals surface area contributed by atoms with Gasteiger partial charge in [0.15, 0.2) is 0 Å².